The van der Waals surface area contributed by atoms with E-state index in [0.717, 1.165) is 9.87 Å². The molecule has 2 aromatic rings. The minimum atomic E-state index is -3.95. The van der Waals surface area contributed by atoms with Crippen LogP contribution < -0.4 is 11.1 Å². The van der Waals surface area contributed by atoms with E-state index in [-0.39, 0.29) is 23.8 Å². The molecule has 2 rings (SSSR count). The van der Waals surface area contributed by atoms with Crippen LogP contribution in [0.2, 0.25) is 5.02 Å². The second-order valence-electron chi connectivity index (χ2n) is 5.17. The molecular formula is C15H16BrClN4O3S. The number of nitrogens with zero attached hydrogens (tertiary/aromatic N) is 2. The highest BCUT2D eigenvalue weighted by molar-refractivity contribution is 9.10. The van der Waals surface area contributed by atoms with Gasteiger partial charge < -0.3 is 11.1 Å². The minimum Gasteiger partial charge on any atom is -0.383 e. The van der Waals surface area contributed by atoms with E-state index in [9.17, 15) is 13.2 Å². The van der Waals surface area contributed by atoms with Gasteiger partial charge in [-0.3, -0.25) is 4.79 Å². The van der Waals surface area contributed by atoms with Gasteiger partial charge in [0, 0.05) is 29.3 Å². The van der Waals surface area contributed by atoms with Crippen molar-refractivity contribution in [3.05, 3.63) is 51.6 Å². The number of halogens is 2. The van der Waals surface area contributed by atoms with E-state index in [2.05, 4.69) is 26.2 Å². The highest BCUT2D eigenvalue weighted by Crippen LogP contribution is 2.23. The maximum Gasteiger partial charge on any atom is 0.246 e. The number of rotatable bonds is 6. The number of likely N-dealkylation sites (N-methyl/N-ethyl adjacent to an activating group) is 1. The summed E-state index contributed by atoms with van der Waals surface area (Å²) in [6.45, 7) is -0.161. The molecule has 0 fully saturated rings. The summed E-state index contributed by atoms with van der Waals surface area (Å²) in [6.07, 6.45) is 1.39. The van der Waals surface area contributed by atoms with Gasteiger partial charge in [-0.1, -0.05) is 29.8 Å². The lowest BCUT2D eigenvalue weighted by Crippen LogP contribution is -2.38. The van der Waals surface area contributed by atoms with Crippen molar-refractivity contribution in [1.29, 1.82) is 0 Å². The molecule has 0 atom stereocenters. The van der Waals surface area contributed by atoms with Crippen molar-refractivity contribution in [2.75, 3.05) is 19.3 Å². The van der Waals surface area contributed by atoms with Crippen LogP contribution in [-0.2, 0) is 21.4 Å². The largest absolute Gasteiger partial charge is 0.383 e. The molecule has 0 aliphatic heterocycles. The third-order valence-corrected chi connectivity index (χ3v) is 5.97. The van der Waals surface area contributed by atoms with Gasteiger partial charge in [0.15, 0.2) is 0 Å². The molecule has 134 valence electrons. The Labute approximate surface area is 159 Å². The van der Waals surface area contributed by atoms with Crippen molar-refractivity contribution in [3.8, 4) is 0 Å². The topological polar surface area (TPSA) is 105 Å². The number of hydrogen-bond donors (Lipinski definition) is 2. The van der Waals surface area contributed by atoms with E-state index in [1.807, 2.05) is 0 Å². The van der Waals surface area contributed by atoms with Crippen LogP contribution in [0.5, 0.6) is 0 Å². The first kappa shape index (κ1) is 19.6. The Balaban J connectivity index is 2.05. The maximum absolute atomic E-state index is 12.6. The lowest BCUT2D eigenvalue weighted by Gasteiger charge is -2.18. The Hall–Kier alpha value is -1.68. The number of carbonyl (C=O) groups excluding carboxylic acids is 1. The predicted octanol–water partition coefficient (Wildman–Crippen LogP) is 2.02. The third kappa shape index (κ3) is 4.91. The molecule has 0 unspecified atom stereocenters. The third-order valence-electron chi connectivity index (χ3n) is 3.34. The number of anilines is 1. The van der Waals surface area contributed by atoms with Gasteiger partial charge >= 0.3 is 0 Å². The molecule has 1 aromatic carbocycles. The second kappa shape index (κ2) is 8.13. The Kier molecular flexibility index (Phi) is 6.39. The summed E-state index contributed by atoms with van der Waals surface area (Å²) in [7, 11) is -2.65. The van der Waals surface area contributed by atoms with Crippen LogP contribution in [0.3, 0.4) is 0 Å². The fraction of sp³-hybridized carbons (Fsp3) is 0.200. The van der Waals surface area contributed by atoms with Crippen molar-refractivity contribution in [1.82, 2.24) is 14.6 Å². The van der Waals surface area contributed by atoms with Crippen LogP contribution in [0.25, 0.3) is 0 Å². The number of hydrogen-bond acceptors (Lipinski definition) is 5. The van der Waals surface area contributed by atoms with Gasteiger partial charge in [0.2, 0.25) is 15.9 Å². The van der Waals surface area contributed by atoms with Gasteiger partial charge in [-0.05, 0) is 33.6 Å². The van der Waals surface area contributed by atoms with Crippen LogP contribution in [0.4, 0.5) is 5.82 Å². The number of amides is 1. The summed E-state index contributed by atoms with van der Waals surface area (Å²) in [4.78, 5) is 15.7. The van der Waals surface area contributed by atoms with E-state index < -0.39 is 15.9 Å². The van der Waals surface area contributed by atoms with Gasteiger partial charge in [-0.2, -0.15) is 4.31 Å². The summed E-state index contributed by atoms with van der Waals surface area (Å²) in [5.41, 5.74) is 6.38. The Morgan fingerprint density at radius 1 is 1.40 bits per heavy atom. The predicted molar refractivity (Wildman–Crippen MR) is 99.5 cm³/mol. The first-order valence-electron chi connectivity index (χ1n) is 7.09. The molecule has 0 saturated heterocycles. The first-order chi connectivity index (χ1) is 11.7. The van der Waals surface area contributed by atoms with Crippen LogP contribution in [0, 0.1) is 0 Å². The molecule has 1 amide bonds. The number of aromatic nitrogens is 1. The molecule has 25 heavy (non-hydrogen) atoms. The first-order valence-corrected chi connectivity index (χ1v) is 9.70. The number of nitrogens with two attached hydrogens (primary N) is 1. The highest BCUT2D eigenvalue weighted by atomic mass is 79.9. The summed E-state index contributed by atoms with van der Waals surface area (Å²) in [5, 5.41) is 3.16. The summed E-state index contributed by atoms with van der Waals surface area (Å²) >= 11 is 9.17. The van der Waals surface area contributed by atoms with Crippen molar-refractivity contribution < 1.29 is 13.2 Å². The molecule has 1 aromatic heterocycles. The minimum absolute atomic E-state index is 0.133. The molecule has 0 aliphatic carbocycles. The highest BCUT2D eigenvalue weighted by Gasteiger charge is 2.26. The summed E-state index contributed by atoms with van der Waals surface area (Å²) < 4.78 is 26.5. The van der Waals surface area contributed by atoms with Crippen molar-refractivity contribution in [3.63, 3.8) is 0 Å². The lowest BCUT2D eigenvalue weighted by atomic mass is 10.2. The number of nitrogen functional groups attached to an aromatic ring is 1. The van der Waals surface area contributed by atoms with Gasteiger partial charge in [-0.25, -0.2) is 13.4 Å². The van der Waals surface area contributed by atoms with Gasteiger partial charge in [0.05, 0.1) is 6.54 Å². The standard InChI is InChI=1S/C15H16BrClN4O3S/c1-21(25(23,24)13-6-11(16)8-20-15(13)18)9-14(22)19-7-10-4-2-3-5-12(10)17/h2-6,8H,7,9H2,1H3,(H2,18,20)(H,19,22). The van der Waals surface area contributed by atoms with E-state index >= 15 is 0 Å². The van der Waals surface area contributed by atoms with E-state index in [1.54, 1.807) is 24.3 Å². The van der Waals surface area contributed by atoms with Gasteiger partial charge in [0.1, 0.15) is 10.7 Å². The van der Waals surface area contributed by atoms with Crippen LogP contribution in [0.1, 0.15) is 5.56 Å². The number of pyridine rings is 1. The molecule has 0 bridgehead atoms. The van der Waals surface area contributed by atoms with Crippen molar-refractivity contribution in [2.45, 2.75) is 11.4 Å². The lowest BCUT2D eigenvalue weighted by molar-refractivity contribution is -0.121. The molecule has 3 N–H and O–H groups in total. The fourth-order valence-electron chi connectivity index (χ4n) is 1.98. The normalized spacial score (nSPS) is 11.5. The van der Waals surface area contributed by atoms with Gasteiger partial charge in [-0.15, -0.1) is 0 Å². The molecule has 0 saturated carbocycles. The van der Waals surface area contributed by atoms with Crippen molar-refractivity contribution in [2.24, 2.45) is 0 Å². The Morgan fingerprint density at radius 3 is 2.76 bits per heavy atom. The summed E-state index contributed by atoms with van der Waals surface area (Å²) in [6, 6.07) is 8.41. The fourth-order valence-corrected chi connectivity index (χ4v) is 3.89. The van der Waals surface area contributed by atoms with Crippen LogP contribution in [-0.4, -0.2) is 37.2 Å². The van der Waals surface area contributed by atoms with Crippen molar-refractivity contribution >= 4 is 49.3 Å². The average molecular weight is 448 g/mol. The SMILES string of the molecule is CN(CC(=O)NCc1ccccc1Cl)S(=O)(=O)c1cc(Br)cnc1N. The number of sulfonamides is 1. The zero-order chi connectivity index (χ0) is 18.6. The van der Waals surface area contributed by atoms with Crippen LogP contribution in [0.15, 0.2) is 45.9 Å². The number of carbonyl (C=O) groups is 1. The molecule has 10 heteroatoms. The Morgan fingerprint density at radius 2 is 2.08 bits per heavy atom. The van der Waals surface area contributed by atoms with E-state index in [0.29, 0.717) is 9.50 Å². The number of nitrogens with one attached hydrogen (secondary N) is 1. The second-order valence-corrected chi connectivity index (χ2v) is 8.50. The van der Waals surface area contributed by atoms with Crippen LogP contribution >= 0.6 is 27.5 Å². The zero-order valence-electron chi connectivity index (χ0n) is 13.2. The smallest absolute Gasteiger partial charge is 0.246 e. The van der Waals surface area contributed by atoms with E-state index in [4.69, 9.17) is 17.3 Å². The maximum atomic E-state index is 12.6. The van der Waals surface area contributed by atoms with Gasteiger partial charge in [0.25, 0.3) is 0 Å². The molecule has 0 aliphatic rings. The summed E-state index contributed by atoms with van der Waals surface area (Å²) in [5.74, 6) is -0.598. The van der Waals surface area contributed by atoms with E-state index in [1.165, 1.54) is 19.3 Å². The quantitative estimate of drug-likeness (QED) is 0.705. The zero-order valence-corrected chi connectivity index (χ0v) is 16.4. The average Bonchev–Trinajstić information content (AvgIpc) is 2.56. The molecule has 1 heterocycles. The molecular weight excluding hydrogens is 432 g/mol. The molecule has 0 radical (unpaired) electrons. The Bertz CT molecular complexity index is 892. The number of benzene rings is 1. The molecule has 7 nitrogen and oxygen atoms in total. The monoisotopic (exact) mass is 446 g/mol. The molecule has 0 spiro atoms.